The first-order valence-corrected chi connectivity index (χ1v) is 11.5. The van der Waals surface area contributed by atoms with Gasteiger partial charge in [0.1, 0.15) is 5.82 Å². The molecule has 2 aromatic carbocycles. The molecule has 0 bridgehead atoms. The Balaban J connectivity index is 1.71. The number of amides is 1. The maximum Gasteiger partial charge on any atom is 0.338 e. The Morgan fingerprint density at radius 1 is 1.15 bits per heavy atom. The van der Waals surface area contributed by atoms with Gasteiger partial charge in [-0.2, -0.15) is 0 Å². The molecule has 0 saturated heterocycles. The molecule has 0 saturated carbocycles. The predicted octanol–water partition coefficient (Wildman–Crippen LogP) is 5.60. The molecule has 0 unspecified atom stereocenters. The normalized spacial score (nSPS) is 13.8. The van der Waals surface area contributed by atoms with Crippen molar-refractivity contribution < 1.29 is 14.3 Å². The molecule has 1 amide bonds. The molecule has 1 aromatic heterocycles. The number of nitrogens with zero attached hydrogens (tertiary/aromatic N) is 2. The molecular formula is C26H26ClN3O3. The first kappa shape index (κ1) is 22.8. The predicted molar refractivity (Wildman–Crippen MR) is 130 cm³/mol. The van der Waals surface area contributed by atoms with Gasteiger partial charge in [0, 0.05) is 24.2 Å². The molecule has 170 valence electrons. The van der Waals surface area contributed by atoms with E-state index in [1.807, 2.05) is 42.5 Å². The number of halogens is 1. The van der Waals surface area contributed by atoms with Crippen molar-refractivity contribution in [1.29, 1.82) is 0 Å². The summed E-state index contributed by atoms with van der Waals surface area (Å²) in [6.07, 6.45) is 4.61. The van der Waals surface area contributed by atoms with Crippen LogP contribution in [0.4, 0.5) is 5.69 Å². The lowest BCUT2D eigenvalue weighted by Gasteiger charge is -2.12. The minimum absolute atomic E-state index is 0.158. The Kier molecular flexibility index (Phi) is 6.94. The van der Waals surface area contributed by atoms with E-state index in [1.54, 1.807) is 19.1 Å². The third kappa shape index (κ3) is 4.86. The van der Waals surface area contributed by atoms with Gasteiger partial charge in [-0.15, -0.1) is 0 Å². The van der Waals surface area contributed by atoms with Crippen molar-refractivity contribution in [3.05, 3.63) is 81.9 Å². The Bertz CT molecular complexity index is 1210. The Labute approximate surface area is 198 Å². The second-order valence-electron chi connectivity index (χ2n) is 7.87. The molecule has 2 heterocycles. The van der Waals surface area contributed by atoms with Gasteiger partial charge in [-0.3, -0.25) is 4.79 Å². The van der Waals surface area contributed by atoms with Crippen molar-refractivity contribution in [3.8, 4) is 0 Å². The highest BCUT2D eigenvalue weighted by molar-refractivity contribution is 6.36. The molecule has 1 aliphatic rings. The standard InChI is InChI=1S/C26H26ClN3O3/c1-3-5-10-23-29-24(27)22(15-20-19-8-6-7-9-21(19)28-25(20)31)30(23)16-17-11-13-18(14-12-17)26(32)33-4-2/h6-9,11-15H,3-5,10,16H2,1-2H3,(H,28,31)/b20-15-. The van der Waals surface area contributed by atoms with Crippen molar-refractivity contribution in [2.45, 2.75) is 39.7 Å². The maximum absolute atomic E-state index is 12.7. The van der Waals surface area contributed by atoms with Crippen molar-refractivity contribution in [2.75, 3.05) is 11.9 Å². The number of carbonyl (C=O) groups is 2. The van der Waals surface area contributed by atoms with Gasteiger partial charge in [0.05, 0.1) is 23.4 Å². The molecule has 0 radical (unpaired) electrons. The third-order valence-corrected chi connectivity index (χ3v) is 5.87. The van der Waals surface area contributed by atoms with E-state index in [0.29, 0.717) is 35.1 Å². The second kappa shape index (κ2) is 10.0. The second-order valence-corrected chi connectivity index (χ2v) is 8.23. The fraction of sp³-hybridized carbons (Fsp3) is 0.269. The topological polar surface area (TPSA) is 73.2 Å². The van der Waals surface area contributed by atoms with Crippen LogP contribution in [0.5, 0.6) is 0 Å². The van der Waals surface area contributed by atoms with Crippen LogP contribution in [0.2, 0.25) is 5.15 Å². The molecule has 0 aliphatic carbocycles. The summed E-state index contributed by atoms with van der Waals surface area (Å²) in [6, 6.07) is 14.9. The van der Waals surface area contributed by atoms with Gasteiger partial charge in [-0.05, 0) is 43.2 Å². The molecule has 6 nitrogen and oxygen atoms in total. The minimum atomic E-state index is -0.338. The van der Waals surface area contributed by atoms with Crippen LogP contribution in [0.15, 0.2) is 48.5 Å². The van der Waals surface area contributed by atoms with Gasteiger partial charge in [-0.25, -0.2) is 9.78 Å². The maximum atomic E-state index is 12.7. The van der Waals surface area contributed by atoms with Crippen LogP contribution in [0, 0.1) is 0 Å². The van der Waals surface area contributed by atoms with Gasteiger partial charge in [0.2, 0.25) is 0 Å². The van der Waals surface area contributed by atoms with Crippen LogP contribution >= 0.6 is 11.6 Å². The lowest BCUT2D eigenvalue weighted by atomic mass is 10.1. The van der Waals surface area contributed by atoms with Gasteiger partial charge in [0.25, 0.3) is 5.91 Å². The first-order valence-electron chi connectivity index (χ1n) is 11.1. The zero-order valence-electron chi connectivity index (χ0n) is 18.7. The Morgan fingerprint density at radius 3 is 2.64 bits per heavy atom. The van der Waals surface area contributed by atoms with E-state index in [0.717, 1.165) is 41.9 Å². The molecule has 7 heteroatoms. The van der Waals surface area contributed by atoms with E-state index in [9.17, 15) is 9.59 Å². The summed E-state index contributed by atoms with van der Waals surface area (Å²) < 4.78 is 7.12. The van der Waals surface area contributed by atoms with Gasteiger partial charge in [0.15, 0.2) is 5.15 Å². The summed E-state index contributed by atoms with van der Waals surface area (Å²) in [7, 11) is 0. The van der Waals surface area contributed by atoms with Crippen LogP contribution in [-0.2, 0) is 22.5 Å². The van der Waals surface area contributed by atoms with E-state index in [1.165, 1.54) is 0 Å². The van der Waals surface area contributed by atoms with E-state index in [2.05, 4.69) is 21.8 Å². The number of unbranched alkanes of at least 4 members (excludes halogenated alkanes) is 1. The summed E-state index contributed by atoms with van der Waals surface area (Å²) in [4.78, 5) is 29.2. The number of rotatable bonds is 8. The summed E-state index contributed by atoms with van der Waals surface area (Å²) in [5.74, 6) is 0.374. The molecule has 0 fully saturated rings. The Morgan fingerprint density at radius 2 is 1.91 bits per heavy atom. The number of aromatic nitrogens is 2. The number of hydrogen-bond acceptors (Lipinski definition) is 4. The van der Waals surface area contributed by atoms with Crippen molar-refractivity contribution in [2.24, 2.45) is 0 Å². The average Bonchev–Trinajstić information content (AvgIpc) is 3.29. The summed E-state index contributed by atoms with van der Waals surface area (Å²) in [5.41, 5.74) is 4.40. The van der Waals surface area contributed by atoms with Crippen LogP contribution in [0.3, 0.4) is 0 Å². The van der Waals surface area contributed by atoms with E-state index < -0.39 is 0 Å². The van der Waals surface area contributed by atoms with Crippen LogP contribution in [-0.4, -0.2) is 28.0 Å². The van der Waals surface area contributed by atoms with Crippen LogP contribution < -0.4 is 5.32 Å². The molecule has 1 aliphatic heterocycles. The number of imidazole rings is 1. The van der Waals surface area contributed by atoms with Gasteiger partial charge in [-0.1, -0.05) is 55.3 Å². The fourth-order valence-corrected chi connectivity index (χ4v) is 4.14. The zero-order valence-corrected chi connectivity index (χ0v) is 19.5. The SMILES string of the molecule is CCCCc1nc(Cl)c(/C=C2\C(=O)Nc3ccccc32)n1Cc1ccc(C(=O)OCC)cc1. The molecule has 0 spiro atoms. The van der Waals surface area contributed by atoms with Crippen LogP contribution in [0.25, 0.3) is 11.6 Å². The molecule has 3 aromatic rings. The summed E-state index contributed by atoms with van der Waals surface area (Å²) in [6.45, 7) is 4.77. The third-order valence-electron chi connectivity index (χ3n) is 5.59. The summed E-state index contributed by atoms with van der Waals surface area (Å²) >= 11 is 6.58. The minimum Gasteiger partial charge on any atom is -0.462 e. The number of carbonyl (C=O) groups excluding carboxylic acids is 2. The van der Waals surface area contributed by atoms with Crippen LogP contribution in [0.1, 0.15) is 59.7 Å². The van der Waals surface area contributed by atoms with E-state index in [-0.39, 0.29) is 11.9 Å². The highest BCUT2D eigenvalue weighted by atomic mass is 35.5. The lowest BCUT2D eigenvalue weighted by molar-refractivity contribution is -0.110. The number of para-hydroxylation sites is 1. The number of fused-ring (bicyclic) bond motifs is 1. The average molecular weight is 464 g/mol. The van der Waals surface area contributed by atoms with Gasteiger partial charge >= 0.3 is 5.97 Å². The van der Waals surface area contributed by atoms with E-state index in [4.69, 9.17) is 16.3 Å². The van der Waals surface area contributed by atoms with Crippen molar-refractivity contribution >= 4 is 40.8 Å². The summed E-state index contributed by atoms with van der Waals surface area (Å²) in [5, 5.41) is 3.27. The number of nitrogens with one attached hydrogen (secondary N) is 1. The quantitative estimate of drug-likeness (QED) is 0.348. The monoisotopic (exact) mass is 463 g/mol. The number of aryl methyl sites for hydroxylation is 1. The number of ether oxygens (including phenoxy) is 1. The molecule has 4 rings (SSSR count). The van der Waals surface area contributed by atoms with E-state index >= 15 is 0 Å². The Hall–Kier alpha value is -3.38. The van der Waals surface area contributed by atoms with Crippen molar-refractivity contribution in [3.63, 3.8) is 0 Å². The number of esters is 1. The highest BCUT2D eigenvalue weighted by Gasteiger charge is 2.25. The highest BCUT2D eigenvalue weighted by Crippen LogP contribution is 2.34. The molecular weight excluding hydrogens is 438 g/mol. The fourth-order valence-electron chi connectivity index (χ4n) is 3.88. The first-order chi connectivity index (χ1) is 16.0. The number of anilines is 1. The largest absolute Gasteiger partial charge is 0.462 e. The lowest BCUT2D eigenvalue weighted by Crippen LogP contribution is -2.09. The molecule has 33 heavy (non-hydrogen) atoms. The number of hydrogen-bond donors (Lipinski definition) is 1. The molecule has 1 N–H and O–H groups in total. The zero-order chi connectivity index (χ0) is 23.4. The number of benzene rings is 2. The van der Waals surface area contributed by atoms with Crippen molar-refractivity contribution in [1.82, 2.24) is 9.55 Å². The molecule has 0 atom stereocenters. The smallest absolute Gasteiger partial charge is 0.338 e. The van der Waals surface area contributed by atoms with Gasteiger partial charge < -0.3 is 14.6 Å².